The van der Waals surface area contributed by atoms with Gasteiger partial charge in [-0.25, -0.2) is 9.18 Å². The van der Waals surface area contributed by atoms with Crippen molar-refractivity contribution in [1.82, 2.24) is 9.90 Å². The minimum Gasteiger partial charge on any atom is -0.258 e. The SMILES string of the molecule is O=c1c2cc([N+](=O)[O-])c3ccccc3[n+]2[nH]n1-c1cccc(F)c1. The van der Waals surface area contributed by atoms with Gasteiger partial charge >= 0.3 is 5.56 Å². The third-order valence-corrected chi connectivity index (χ3v) is 3.82. The van der Waals surface area contributed by atoms with E-state index in [1.54, 1.807) is 30.3 Å². The molecule has 0 aliphatic carbocycles. The van der Waals surface area contributed by atoms with E-state index in [9.17, 15) is 19.3 Å². The zero-order valence-corrected chi connectivity index (χ0v) is 12.1. The number of fused-ring (bicyclic) bond motifs is 3. The van der Waals surface area contributed by atoms with Gasteiger partial charge in [0.05, 0.1) is 11.0 Å². The predicted molar refractivity (Wildman–Crippen MR) is 83.7 cm³/mol. The molecule has 0 fully saturated rings. The zero-order chi connectivity index (χ0) is 16.8. The smallest absolute Gasteiger partial charge is 0.258 e. The summed E-state index contributed by atoms with van der Waals surface area (Å²) in [6.07, 6.45) is 0. The first kappa shape index (κ1) is 14.1. The van der Waals surface area contributed by atoms with Crippen LogP contribution in [-0.2, 0) is 0 Å². The Hall–Kier alpha value is -3.55. The molecule has 4 rings (SSSR count). The molecule has 0 aliphatic heterocycles. The second kappa shape index (κ2) is 4.98. The van der Waals surface area contributed by atoms with Gasteiger partial charge in [0, 0.05) is 6.07 Å². The summed E-state index contributed by atoms with van der Waals surface area (Å²) in [7, 11) is 0. The van der Waals surface area contributed by atoms with Crippen LogP contribution in [0.2, 0.25) is 0 Å². The number of hydrogen-bond donors (Lipinski definition) is 1. The molecule has 0 radical (unpaired) electrons. The average molecular weight is 325 g/mol. The van der Waals surface area contributed by atoms with Crippen molar-refractivity contribution in [1.29, 1.82) is 0 Å². The second-order valence-electron chi connectivity index (χ2n) is 5.24. The first-order chi connectivity index (χ1) is 11.6. The second-order valence-corrected chi connectivity index (χ2v) is 5.24. The van der Waals surface area contributed by atoms with Gasteiger partial charge in [-0.1, -0.05) is 28.1 Å². The fourth-order valence-corrected chi connectivity index (χ4v) is 2.75. The Kier molecular flexibility index (Phi) is 2.92. The maximum atomic E-state index is 13.4. The third-order valence-electron chi connectivity index (χ3n) is 3.82. The highest BCUT2D eigenvalue weighted by atomic mass is 19.1. The van der Waals surface area contributed by atoms with Crippen LogP contribution in [-0.4, -0.2) is 14.8 Å². The lowest BCUT2D eigenvalue weighted by molar-refractivity contribution is -0.556. The Balaban J connectivity index is 2.14. The number of rotatable bonds is 2. The van der Waals surface area contributed by atoms with Crippen LogP contribution < -0.4 is 10.1 Å². The van der Waals surface area contributed by atoms with Gasteiger partial charge in [0.15, 0.2) is 11.2 Å². The summed E-state index contributed by atoms with van der Waals surface area (Å²) in [4.78, 5) is 23.4. The molecule has 118 valence electrons. The molecular formula is C16H10FN4O3+. The Bertz CT molecular complexity index is 1180. The summed E-state index contributed by atoms with van der Waals surface area (Å²) in [5.41, 5.74) is 0.219. The van der Waals surface area contributed by atoms with Crippen molar-refractivity contribution in [2.75, 3.05) is 0 Å². The van der Waals surface area contributed by atoms with Gasteiger partial charge in [0.1, 0.15) is 11.2 Å². The van der Waals surface area contributed by atoms with Crippen molar-refractivity contribution >= 4 is 22.1 Å². The molecule has 4 aromatic rings. The van der Waals surface area contributed by atoms with Crippen LogP contribution in [0, 0.1) is 15.9 Å². The number of hydrogen-bond acceptors (Lipinski definition) is 3. The molecule has 24 heavy (non-hydrogen) atoms. The molecule has 0 spiro atoms. The van der Waals surface area contributed by atoms with Crippen molar-refractivity contribution in [3.63, 3.8) is 0 Å². The Morgan fingerprint density at radius 2 is 1.88 bits per heavy atom. The molecule has 0 amide bonds. The van der Waals surface area contributed by atoms with Crippen molar-refractivity contribution in [3.8, 4) is 5.69 Å². The zero-order valence-electron chi connectivity index (χ0n) is 12.1. The van der Waals surface area contributed by atoms with Gasteiger partial charge < -0.3 is 0 Å². The lowest BCUT2D eigenvalue weighted by Crippen LogP contribution is -2.26. The predicted octanol–water partition coefficient (Wildman–Crippen LogP) is 2.10. The quantitative estimate of drug-likeness (QED) is 0.348. The van der Waals surface area contributed by atoms with E-state index in [2.05, 4.69) is 5.21 Å². The number of nitrogens with one attached hydrogen (secondary N) is 1. The number of H-pyrrole nitrogens is 1. The van der Waals surface area contributed by atoms with Crippen LogP contribution in [0.1, 0.15) is 0 Å². The lowest BCUT2D eigenvalue weighted by Gasteiger charge is -1.97. The average Bonchev–Trinajstić information content (AvgIpc) is 2.91. The first-order valence-electron chi connectivity index (χ1n) is 7.05. The monoisotopic (exact) mass is 325 g/mol. The van der Waals surface area contributed by atoms with E-state index in [-0.39, 0.29) is 11.2 Å². The van der Waals surface area contributed by atoms with Crippen molar-refractivity contribution in [3.05, 3.63) is 80.9 Å². The number of nitro groups is 1. The maximum absolute atomic E-state index is 13.4. The summed E-state index contributed by atoms with van der Waals surface area (Å²) >= 11 is 0. The summed E-state index contributed by atoms with van der Waals surface area (Å²) in [5, 5.41) is 14.6. The highest BCUT2D eigenvalue weighted by Gasteiger charge is 2.25. The number of halogens is 1. The van der Waals surface area contributed by atoms with Gasteiger partial charge in [0.2, 0.25) is 0 Å². The maximum Gasteiger partial charge on any atom is 0.406 e. The van der Waals surface area contributed by atoms with Crippen LogP contribution in [0.15, 0.2) is 59.4 Å². The van der Waals surface area contributed by atoms with E-state index in [0.29, 0.717) is 16.6 Å². The molecule has 2 aromatic heterocycles. The number of aromatic nitrogens is 3. The van der Waals surface area contributed by atoms with Crippen molar-refractivity contribution in [2.24, 2.45) is 0 Å². The standard InChI is InChI=1S/C16H9FN4O3/c17-10-4-3-5-11(8-10)19-16(22)15-9-14(21(23)24)12-6-1-2-7-13(12)20(15)18-19/h1-9H/p+1. The van der Waals surface area contributed by atoms with Gasteiger partial charge in [-0.15, -0.1) is 4.52 Å². The molecule has 0 bridgehead atoms. The van der Waals surface area contributed by atoms with Crippen LogP contribution in [0.3, 0.4) is 0 Å². The highest BCUT2D eigenvalue weighted by Crippen LogP contribution is 2.23. The molecule has 8 heteroatoms. The highest BCUT2D eigenvalue weighted by molar-refractivity contribution is 5.87. The number of pyridine rings is 1. The summed E-state index contributed by atoms with van der Waals surface area (Å²) in [6, 6.07) is 13.4. The van der Waals surface area contributed by atoms with Crippen LogP contribution in [0.5, 0.6) is 0 Å². The van der Waals surface area contributed by atoms with Gasteiger partial charge in [0.25, 0.3) is 11.2 Å². The van der Waals surface area contributed by atoms with Crippen molar-refractivity contribution < 1.29 is 13.8 Å². The molecule has 7 nitrogen and oxygen atoms in total. The summed E-state index contributed by atoms with van der Waals surface area (Å²) in [6.45, 7) is 0. The van der Waals surface area contributed by atoms with Gasteiger partial charge in [-0.2, -0.15) is 0 Å². The Morgan fingerprint density at radius 3 is 2.62 bits per heavy atom. The van der Waals surface area contributed by atoms with Crippen LogP contribution >= 0.6 is 0 Å². The van der Waals surface area contributed by atoms with Crippen LogP contribution in [0.25, 0.3) is 22.1 Å². The third kappa shape index (κ3) is 1.97. The lowest BCUT2D eigenvalue weighted by atomic mass is 10.2. The van der Waals surface area contributed by atoms with Crippen LogP contribution in [0.4, 0.5) is 10.1 Å². The number of aromatic amines is 1. The number of nitrogens with zero attached hydrogens (tertiary/aromatic N) is 3. The minimum absolute atomic E-state index is 0.102. The van der Waals surface area contributed by atoms with Gasteiger partial charge in [-0.3, -0.25) is 10.1 Å². The first-order valence-corrected chi connectivity index (χ1v) is 7.05. The topological polar surface area (TPSA) is 85.0 Å². The van der Waals surface area contributed by atoms with E-state index in [4.69, 9.17) is 0 Å². The Morgan fingerprint density at radius 1 is 1.08 bits per heavy atom. The molecule has 0 atom stereocenters. The number of benzene rings is 2. The molecule has 0 saturated heterocycles. The molecule has 1 N–H and O–H groups in total. The molecule has 0 saturated carbocycles. The summed E-state index contributed by atoms with van der Waals surface area (Å²) < 4.78 is 16.0. The minimum atomic E-state index is -0.526. The van der Waals surface area contributed by atoms with E-state index in [1.807, 2.05) is 0 Å². The molecule has 2 heterocycles. The molecule has 0 aliphatic rings. The molecule has 2 aromatic carbocycles. The van der Waals surface area contributed by atoms with Crippen molar-refractivity contribution in [2.45, 2.75) is 0 Å². The van der Waals surface area contributed by atoms with E-state index in [0.717, 1.165) is 4.68 Å². The largest absolute Gasteiger partial charge is 0.406 e. The Labute approximate surface area is 133 Å². The van der Waals surface area contributed by atoms with E-state index < -0.39 is 16.3 Å². The fourth-order valence-electron chi connectivity index (χ4n) is 2.75. The van der Waals surface area contributed by atoms with Gasteiger partial charge in [-0.05, 0) is 24.3 Å². The fraction of sp³-hybridized carbons (Fsp3) is 0. The molecular weight excluding hydrogens is 315 g/mol. The summed E-state index contributed by atoms with van der Waals surface area (Å²) in [5.74, 6) is -0.487. The molecule has 0 unspecified atom stereocenters. The van der Waals surface area contributed by atoms with E-state index in [1.165, 1.54) is 28.8 Å². The number of para-hydroxylation sites is 1. The normalized spacial score (nSPS) is 11.2. The van der Waals surface area contributed by atoms with E-state index >= 15 is 0 Å².